The summed E-state index contributed by atoms with van der Waals surface area (Å²) in [6.07, 6.45) is 2.31. The summed E-state index contributed by atoms with van der Waals surface area (Å²) in [5, 5.41) is 1.08. The number of hydrogen-bond donors (Lipinski definition) is 1. The van der Waals surface area contributed by atoms with Crippen molar-refractivity contribution in [2.75, 3.05) is 5.73 Å². The monoisotopic (exact) mass is 310 g/mol. The van der Waals surface area contributed by atoms with Gasteiger partial charge in [0.15, 0.2) is 0 Å². The van der Waals surface area contributed by atoms with Crippen molar-refractivity contribution in [1.29, 1.82) is 0 Å². The third-order valence-corrected chi connectivity index (χ3v) is 3.91. The van der Waals surface area contributed by atoms with Gasteiger partial charge in [0.05, 0.1) is 5.52 Å². The minimum absolute atomic E-state index is 0.260. The lowest BCUT2D eigenvalue weighted by Gasteiger charge is -2.10. The lowest BCUT2D eigenvalue weighted by molar-refractivity contribution is 0.615. The number of halogens is 1. The van der Waals surface area contributed by atoms with E-state index in [4.69, 9.17) is 5.73 Å². The highest BCUT2D eigenvalue weighted by Gasteiger charge is 2.08. The van der Waals surface area contributed by atoms with E-state index in [2.05, 4.69) is 31.0 Å². The van der Waals surface area contributed by atoms with Crippen LogP contribution < -0.4 is 5.73 Å². The number of nitrogen functional groups attached to an aromatic ring is 1. The molecule has 0 spiro atoms. The zero-order valence-corrected chi connectivity index (χ0v) is 14.2. The third kappa shape index (κ3) is 3.67. The Bertz CT molecular complexity index is 825. The Hall–Kier alpha value is -2.42. The summed E-state index contributed by atoms with van der Waals surface area (Å²) in [6, 6.07) is 11.0. The van der Waals surface area contributed by atoms with Crippen LogP contribution in [0.5, 0.6) is 0 Å². The van der Waals surface area contributed by atoms with Gasteiger partial charge in [-0.2, -0.15) is 0 Å². The maximum absolute atomic E-state index is 14.0. The number of aromatic nitrogens is 1. The first-order chi connectivity index (χ1) is 11.0. The second-order valence-electron chi connectivity index (χ2n) is 5.45. The quantitative estimate of drug-likeness (QED) is 0.662. The number of nitrogens with zero attached hydrogens (tertiary/aromatic N) is 1. The molecule has 2 nitrogen and oxygen atoms in total. The Morgan fingerprint density at radius 2 is 1.65 bits per heavy atom. The fourth-order valence-electron chi connectivity index (χ4n) is 2.53. The molecule has 0 saturated carbocycles. The van der Waals surface area contributed by atoms with Crippen molar-refractivity contribution >= 4 is 16.6 Å². The van der Waals surface area contributed by atoms with Gasteiger partial charge in [-0.25, -0.2) is 4.39 Å². The molecule has 2 N–H and O–H groups in total. The van der Waals surface area contributed by atoms with E-state index in [-0.39, 0.29) is 5.82 Å². The topological polar surface area (TPSA) is 38.9 Å². The number of nitrogens with two attached hydrogens (primary N) is 1. The number of hydrogen-bond acceptors (Lipinski definition) is 2. The highest BCUT2D eigenvalue weighted by Crippen LogP contribution is 2.24. The van der Waals surface area contributed by atoms with E-state index in [0.717, 1.165) is 16.5 Å². The largest absolute Gasteiger partial charge is 0.399 e. The van der Waals surface area contributed by atoms with Crippen LogP contribution in [0.15, 0.2) is 42.6 Å². The van der Waals surface area contributed by atoms with Crippen LogP contribution in [0.1, 0.15) is 36.1 Å². The normalized spacial score (nSPS) is 10.3. The molecule has 0 atom stereocenters. The first-order valence-electron chi connectivity index (χ1n) is 7.93. The Morgan fingerprint density at radius 1 is 0.957 bits per heavy atom. The fraction of sp³-hybridized carbons (Fsp3) is 0.250. The Morgan fingerprint density at radius 3 is 2.35 bits per heavy atom. The van der Waals surface area contributed by atoms with Gasteiger partial charge in [0.1, 0.15) is 5.82 Å². The predicted octanol–water partition coefficient (Wildman–Crippen LogP) is 5.19. The van der Waals surface area contributed by atoms with Crippen LogP contribution in [0.25, 0.3) is 10.9 Å². The average molecular weight is 310 g/mol. The molecule has 2 aromatic carbocycles. The van der Waals surface area contributed by atoms with Gasteiger partial charge in [-0.15, -0.1) is 0 Å². The van der Waals surface area contributed by atoms with Gasteiger partial charge in [-0.3, -0.25) is 4.98 Å². The van der Waals surface area contributed by atoms with Gasteiger partial charge in [0.2, 0.25) is 0 Å². The van der Waals surface area contributed by atoms with Gasteiger partial charge < -0.3 is 5.73 Å². The lowest BCUT2D eigenvalue weighted by Crippen LogP contribution is -1.97. The van der Waals surface area contributed by atoms with Crippen molar-refractivity contribution in [3.63, 3.8) is 0 Å². The molecule has 3 heteroatoms. The van der Waals surface area contributed by atoms with Crippen molar-refractivity contribution in [3.8, 4) is 0 Å². The molecule has 0 aliphatic heterocycles. The third-order valence-electron chi connectivity index (χ3n) is 3.91. The van der Waals surface area contributed by atoms with Gasteiger partial charge in [0, 0.05) is 23.7 Å². The second kappa shape index (κ2) is 7.23. The Balaban J connectivity index is 0.000000924. The van der Waals surface area contributed by atoms with Crippen molar-refractivity contribution < 1.29 is 4.39 Å². The first kappa shape index (κ1) is 16.9. The molecular formula is C20H23FN2. The first-order valence-corrected chi connectivity index (χ1v) is 7.93. The van der Waals surface area contributed by atoms with Crippen LogP contribution in [0.4, 0.5) is 10.1 Å². The molecule has 0 amide bonds. The minimum Gasteiger partial charge on any atom is -0.399 e. The zero-order valence-electron chi connectivity index (χ0n) is 14.2. The fourth-order valence-corrected chi connectivity index (χ4v) is 2.53. The van der Waals surface area contributed by atoms with Crippen molar-refractivity contribution in [1.82, 2.24) is 4.98 Å². The van der Waals surface area contributed by atoms with Crippen LogP contribution in [-0.4, -0.2) is 4.98 Å². The maximum atomic E-state index is 14.0. The molecular weight excluding hydrogens is 287 g/mol. The molecule has 0 unspecified atom stereocenters. The molecule has 0 saturated heterocycles. The zero-order chi connectivity index (χ0) is 17.0. The Kier molecular flexibility index (Phi) is 5.32. The molecule has 120 valence electrons. The standard InChI is InChI=1S/C18H17FN2.C2H6/c1-11-7-16-13(5-6-21-18(16)8-12(11)2)9-14-3-4-15(20)10-17(14)19;1-2/h3-8,10H,9,20H2,1-2H3;1-2H3. The summed E-state index contributed by atoms with van der Waals surface area (Å²) in [4.78, 5) is 4.41. The molecule has 23 heavy (non-hydrogen) atoms. The number of anilines is 1. The minimum atomic E-state index is -0.260. The summed E-state index contributed by atoms with van der Waals surface area (Å²) < 4.78 is 14.0. The van der Waals surface area contributed by atoms with Crippen LogP contribution >= 0.6 is 0 Å². The molecule has 0 aliphatic carbocycles. The highest BCUT2D eigenvalue weighted by molar-refractivity contribution is 5.84. The van der Waals surface area contributed by atoms with E-state index < -0.39 is 0 Å². The SMILES string of the molecule is CC.Cc1cc2nccc(Cc3ccc(N)cc3F)c2cc1C. The summed E-state index contributed by atoms with van der Waals surface area (Å²) in [6.45, 7) is 8.15. The lowest BCUT2D eigenvalue weighted by atomic mass is 9.98. The van der Waals surface area contributed by atoms with E-state index in [0.29, 0.717) is 17.7 Å². The van der Waals surface area contributed by atoms with Crippen molar-refractivity contribution in [3.05, 3.63) is 70.7 Å². The number of fused-ring (bicyclic) bond motifs is 1. The average Bonchev–Trinajstić information content (AvgIpc) is 2.54. The van der Waals surface area contributed by atoms with Crippen molar-refractivity contribution in [2.45, 2.75) is 34.1 Å². The molecule has 3 rings (SSSR count). The molecule has 1 aromatic heterocycles. The molecule has 0 fully saturated rings. The van der Waals surface area contributed by atoms with E-state index in [1.54, 1.807) is 18.3 Å². The van der Waals surface area contributed by atoms with E-state index in [9.17, 15) is 4.39 Å². The van der Waals surface area contributed by atoms with Gasteiger partial charge in [-0.1, -0.05) is 19.9 Å². The second-order valence-corrected chi connectivity index (χ2v) is 5.45. The highest BCUT2D eigenvalue weighted by atomic mass is 19.1. The van der Waals surface area contributed by atoms with Crippen LogP contribution in [0, 0.1) is 19.7 Å². The van der Waals surface area contributed by atoms with E-state index in [1.807, 2.05) is 19.9 Å². The van der Waals surface area contributed by atoms with Crippen LogP contribution in [-0.2, 0) is 6.42 Å². The molecule has 0 aliphatic rings. The van der Waals surface area contributed by atoms with E-state index >= 15 is 0 Å². The molecule has 3 aromatic rings. The predicted molar refractivity (Wildman–Crippen MR) is 96.2 cm³/mol. The summed E-state index contributed by atoms with van der Waals surface area (Å²) in [5.74, 6) is -0.260. The number of rotatable bonds is 2. The van der Waals surface area contributed by atoms with Crippen molar-refractivity contribution in [2.24, 2.45) is 0 Å². The summed E-state index contributed by atoms with van der Waals surface area (Å²) in [5.41, 5.74) is 11.1. The number of aryl methyl sites for hydroxylation is 2. The summed E-state index contributed by atoms with van der Waals surface area (Å²) >= 11 is 0. The number of benzene rings is 2. The van der Waals surface area contributed by atoms with Crippen LogP contribution in [0.3, 0.4) is 0 Å². The smallest absolute Gasteiger partial charge is 0.128 e. The van der Waals surface area contributed by atoms with Gasteiger partial charge in [-0.05, 0) is 66.4 Å². The molecule has 1 heterocycles. The van der Waals surface area contributed by atoms with Crippen LogP contribution in [0.2, 0.25) is 0 Å². The van der Waals surface area contributed by atoms with Gasteiger partial charge in [0.25, 0.3) is 0 Å². The summed E-state index contributed by atoms with van der Waals surface area (Å²) in [7, 11) is 0. The maximum Gasteiger partial charge on any atom is 0.128 e. The van der Waals surface area contributed by atoms with Gasteiger partial charge >= 0.3 is 0 Å². The Labute approximate surface area is 137 Å². The number of pyridine rings is 1. The molecule has 0 radical (unpaired) electrons. The van der Waals surface area contributed by atoms with E-state index in [1.165, 1.54) is 17.2 Å². The molecule has 0 bridgehead atoms.